The molecule has 1 fully saturated rings. The summed E-state index contributed by atoms with van der Waals surface area (Å²) in [6.45, 7) is 5.52. The molecule has 0 aliphatic heterocycles. The molecular weight excluding hydrogens is 186 g/mol. The third kappa shape index (κ3) is 4.54. The summed E-state index contributed by atoms with van der Waals surface area (Å²) in [4.78, 5) is 4.23. The molecule has 0 amide bonds. The Morgan fingerprint density at radius 1 is 1.27 bits per heavy atom. The largest absolute Gasteiger partial charge is 0.356 e. The van der Waals surface area contributed by atoms with E-state index in [-0.39, 0.29) is 0 Å². The lowest BCUT2D eigenvalue weighted by atomic mass is 9.87. The van der Waals surface area contributed by atoms with Crippen molar-refractivity contribution in [2.75, 3.05) is 13.6 Å². The minimum Gasteiger partial charge on any atom is -0.356 e. The second-order valence-corrected chi connectivity index (χ2v) is 4.60. The van der Waals surface area contributed by atoms with Gasteiger partial charge in [-0.3, -0.25) is 4.99 Å². The molecule has 1 saturated carbocycles. The Morgan fingerprint density at radius 2 is 1.93 bits per heavy atom. The molecule has 3 heteroatoms. The molecular formula is C12H25N3. The number of nitrogens with zero attached hydrogens (tertiary/aromatic N) is 1. The van der Waals surface area contributed by atoms with Crippen LogP contribution in [0.25, 0.3) is 0 Å². The lowest BCUT2D eigenvalue weighted by Gasteiger charge is -2.28. The SMILES string of the molecule is CCCNC(=NC)NC1CCC(C)CC1. The predicted octanol–water partition coefficient (Wildman–Crippen LogP) is 2.14. The van der Waals surface area contributed by atoms with E-state index in [0.29, 0.717) is 6.04 Å². The topological polar surface area (TPSA) is 36.4 Å². The van der Waals surface area contributed by atoms with Gasteiger partial charge in [0.25, 0.3) is 0 Å². The van der Waals surface area contributed by atoms with E-state index in [2.05, 4.69) is 29.5 Å². The van der Waals surface area contributed by atoms with Gasteiger partial charge in [-0.05, 0) is 38.0 Å². The number of guanidine groups is 1. The molecule has 3 nitrogen and oxygen atoms in total. The Hall–Kier alpha value is -0.730. The molecule has 0 heterocycles. The number of nitrogens with one attached hydrogen (secondary N) is 2. The lowest BCUT2D eigenvalue weighted by Crippen LogP contribution is -2.44. The van der Waals surface area contributed by atoms with Gasteiger partial charge in [-0.25, -0.2) is 0 Å². The van der Waals surface area contributed by atoms with Crippen molar-refractivity contribution in [3.05, 3.63) is 0 Å². The fourth-order valence-electron chi connectivity index (χ4n) is 2.04. The average Bonchev–Trinajstić information content (AvgIpc) is 2.27. The highest BCUT2D eigenvalue weighted by Crippen LogP contribution is 2.23. The van der Waals surface area contributed by atoms with Gasteiger partial charge in [-0.2, -0.15) is 0 Å². The van der Waals surface area contributed by atoms with Crippen molar-refractivity contribution in [3.8, 4) is 0 Å². The Morgan fingerprint density at radius 3 is 2.47 bits per heavy atom. The maximum absolute atomic E-state index is 4.23. The minimum absolute atomic E-state index is 0.629. The Balaban J connectivity index is 2.26. The first kappa shape index (κ1) is 12.3. The van der Waals surface area contributed by atoms with Crippen LogP contribution in [0.3, 0.4) is 0 Å². The monoisotopic (exact) mass is 211 g/mol. The van der Waals surface area contributed by atoms with E-state index in [0.717, 1.165) is 24.8 Å². The van der Waals surface area contributed by atoms with Gasteiger partial charge < -0.3 is 10.6 Å². The molecule has 15 heavy (non-hydrogen) atoms. The van der Waals surface area contributed by atoms with Crippen LogP contribution in [0.15, 0.2) is 4.99 Å². The Bertz CT molecular complexity index is 193. The van der Waals surface area contributed by atoms with Crippen molar-refractivity contribution in [1.29, 1.82) is 0 Å². The van der Waals surface area contributed by atoms with Crippen LogP contribution in [0.4, 0.5) is 0 Å². The number of aliphatic imine (C=N–C) groups is 1. The quantitative estimate of drug-likeness (QED) is 0.554. The molecule has 1 aliphatic carbocycles. The molecule has 0 atom stereocenters. The summed E-state index contributed by atoms with van der Waals surface area (Å²) in [6, 6.07) is 0.629. The fraction of sp³-hybridized carbons (Fsp3) is 0.917. The highest BCUT2D eigenvalue weighted by Gasteiger charge is 2.18. The van der Waals surface area contributed by atoms with E-state index in [1.165, 1.54) is 25.7 Å². The average molecular weight is 211 g/mol. The van der Waals surface area contributed by atoms with Crippen molar-refractivity contribution in [1.82, 2.24) is 10.6 Å². The van der Waals surface area contributed by atoms with Crippen molar-refractivity contribution in [2.45, 2.75) is 52.0 Å². The molecule has 0 unspecified atom stereocenters. The van der Waals surface area contributed by atoms with Crippen LogP contribution in [0.5, 0.6) is 0 Å². The summed E-state index contributed by atoms with van der Waals surface area (Å²) in [6.07, 6.45) is 6.41. The summed E-state index contributed by atoms with van der Waals surface area (Å²) in [5, 5.41) is 6.82. The summed E-state index contributed by atoms with van der Waals surface area (Å²) in [5.74, 6) is 1.88. The van der Waals surface area contributed by atoms with Crippen LogP contribution in [0.1, 0.15) is 46.0 Å². The summed E-state index contributed by atoms with van der Waals surface area (Å²) >= 11 is 0. The zero-order valence-corrected chi connectivity index (χ0v) is 10.3. The Labute approximate surface area is 93.7 Å². The number of hydrogen-bond donors (Lipinski definition) is 2. The van der Waals surface area contributed by atoms with Gasteiger partial charge >= 0.3 is 0 Å². The number of rotatable bonds is 3. The molecule has 88 valence electrons. The first-order valence-corrected chi connectivity index (χ1v) is 6.23. The van der Waals surface area contributed by atoms with Crippen LogP contribution in [-0.4, -0.2) is 25.6 Å². The van der Waals surface area contributed by atoms with E-state index in [9.17, 15) is 0 Å². The second-order valence-electron chi connectivity index (χ2n) is 4.60. The van der Waals surface area contributed by atoms with Gasteiger partial charge in [-0.15, -0.1) is 0 Å². The standard InChI is InChI=1S/C12H25N3/c1-4-9-14-12(13-3)15-11-7-5-10(2)6-8-11/h10-11H,4-9H2,1-3H3,(H2,13,14,15). The minimum atomic E-state index is 0.629. The molecule has 0 aromatic carbocycles. The molecule has 0 aromatic rings. The van der Waals surface area contributed by atoms with Gasteiger partial charge in [-0.1, -0.05) is 13.8 Å². The van der Waals surface area contributed by atoms with Crippen molar-refractivity contribution < 1.29 is 0 Å². The van der Waals surface area contributed by atoms with Crippen molar-refractivity contribution in [2.24, 2.45) is 10.9 Å². The fourth-order valence-corrected chi connectivity index (χ4v) is 2.04. The molecule has 1 rings (SSSR count). The van der Waals surface area contributed by atoms with Gasteiger partial charge in [0.1, 0.15) is 0 Å². The van der Waals surface area contributed by atoms with Crippen LogP contribution >= 0.6 is 0 Å². The highest BCUT2D eigenvalue weighted by molar-refractivity contribution is 5.79. The van der Waals surface area contributed by atoms with Crippen LogP contribution in [0.2, 0.25) is 0 Å². The van der Waals surface area contributed by atoms with Crippen molar-refractivity contribution >= 4 is 5.96 Å². The molecule has 0 radical (unpaired) electrons. The maximum Gasteiger partial charge on any atom is 0.191 e. The maximum atomic E-state index is 4.23. The van der Waals surface area contributed by atoms with E-state index in [1.54, 1.807) is 0 Å². The van der Waals surface area contributed by atoms with Crippen molar-refractivity contribution in [3.63, 3.8) is 0 Å². The van der Waals surface area contributed by atoms with E-state index >= 15 is 0 Å². The first-order chi connectivity index (χ1) is 7.26. The molecule has 0 spiro atoms. The molecule has 0 saturated heterocycles. The molecule has 2 N–H and O–H groups in total. The van der Waals surface area contributed by atoms with Gasteiger partial charge in [0, 0.05) is 19.6 Å². The Kier molecular flexibility index (Phi) is 5.51. The van der Waals surface area contributed by atoms with Crippen LogP contribution in [-0.2, 0) is 0 Å². The molecule has 0 aromatic heterocycles. The van der Waals surface area contributed by atoms with E-state index < -0.39 is 0 Å². The lowest BCUT2D eigenvalue weighted by molar-refractivity contribution is 0.329. The molecule has 1 aliphatic rings. The molecule has 0 bridgehead atoms. The highest BCUT2D eigenvalue weighted by atomic mass is 15.2. The van der Waals surface area contributed by atoms with Gasteiger partial charge in [0.2, 0.25) is 0 Å². The smallest absolute Gasteiger partial charge is 0.191 e. The summed E-state index contributed by atoms with van der Waals surface area (Å²) in [7, 11) is 1.84. The second kappa shape index (κ2) is 6.70. The summed E-state index contributed by atoms with van der Waals surface area (Å²) < 4.78 is 0. The first-order valence-electron chi connectivity index (χ1n) is 6.23. The van der Waals surface area contributed by atoms with Crippen LogP contribution < -0.4 is 10.6 Å². The third-order valence-electron chi connectivity index (χ3n) is 3.12. The zero-order chi connectivity index (χ0) is 11.1. The zero-order valence-electron chi connectivity index (χ0n) is 10.3. The summed E-state index contributed by atoms with van der Waals surface area (Å²) in [5.41, 5.74) is 0. The van der Waals surface area contributed by atoms with E-state index in [1.807, 2.05) is 7.05 Å². The predicted molar refractivity (Wildman–Crippen MR) is 66.2 cm³/mol. The normalized spacial score (nSPS) is 27.5. The van der Waals surface area contributed by atoms with Gasteiger partial charge in [0.15, 0.2) is 5.96 Å². The van der Waals surface area contributed by atoms with Gasteiger partial charge in [0.05, 0.1) is 0 Å². The van der Waals surface area contributed by atoms with Crippen LogP contribution in [0, 0.1) is 5.92 Å². The third-order valence-corrected chi connectivity index (χ3v) is 3.12. The van der Waals surface area contributed by atoms with E-state index in [4.69, 9.17) is 0 Å². The number of hydrogen-bond acceptors (Lipinski definition) is 1.